The van der Waals surface area contributed by atoms with Gasteiger partial charge in [-0.3, -0.25) is 4.98 Å². The third-order valence-electron chi connectivity index (χ3n) is 5.25. The molecule has 3 heterocycles. The molecule has 1 aromatic carbocycles. The van der Waals surface area contributed by atoms with Crippen LogP contribution in [0.5, 0.6) is 0 Å². The van der Waals surface area contributed by atoms with Gasteiger partial charge in [0.15, 0.2) is 0 Å². The van der Waals surface area contributed by atoms with Crippen molar-refractivity contribution in [1.82, 2.24) is 19.7 Å². The van der Waals surface area contributed by atoms with Gasteiger partial charge in [0, 0.05) is 55.6 Å². The van der Waals surface area contributed by atoms with E-state index in [0.717, 1.165) is 23.6 Å². The van der Waals surface area contributed by atoms with E-state index in [2.05, 4.69) is 33.3 Å². The number of aromatic nitrogens is 3. The Kier molecular flexibility index (Phi) is 8.11. The van der Waals surface area contributed by atoms with Crippen LogP contribution in [-0.2, 0) is 4.79 Å². The van der Waals surface area contributed by atoms with E-state index in [1.165, 1.54) is 6.20 Å². The smallest absolute Gasteiger partial charge is 0.475 e. The maximum absolute atomic E-state index is 12.7. The number of nitriles is 1. The second kappa shape index (κ2) is 11.2. The third-order valence-corrected chi connectivity index (χ3v) is 5.25. The SMILES string of the molecule is CC1CN(C(=O)Nc2ccc(-n3cc(C#N)cn3)cc2)CCN1c1ccncc1.O=C(O)C(F)(F)F. The van der Waals surface area contributed by atoms with E-state index >= 15 is 0 Å². The number of nitrogens with zero attached hydrogens (tertiary/aromatic N) is 6. The summed E-state index contributed by atoms with van der Waals surface area (Å²) in [6, 6.07) is 13.5. The molecule has 0 spiro atoms. The van der Waals surface area contributed by atoms with Crippen LogP contribution in [0, 0.1) is 11.3 Å². The fraction of sp³-hybridized carbons (Fsp3) is 0.261. The third kappa shape index (κ3) is 6.72. The van der Waals surface area contributed by atoms with Gasteiger partial charge in [-0.1, -0.05) is 0 Å². The molecular formula is C23H22F3N7O3. The number of halogens is 3. The first-order valence-corrected chi connectivity index (χ1v) is 10.7. The molecule has 0 saturated carbocycles. The predicted molar refractivity (Wildman–Crippen MR) is 124 cm³/mol. The van der Waals surface area contributed by atoms with Crippen molar-refractivity contribution in [2.45, 2.75) is 19.1 Å². The van der Waals surface area contributed by atoms with E-state index in [0.29, 0.717) is 18.7 Å². The Hall–Kier alpha value is -4.60. The molecule has 4 rings (SSSR count). The monoisotopic (exact) mass is 501 g/mol. The van der Waals surface area contributed by atoms with Crippen LogP contribution in [0.3, 0.4) is 0 Å². The molecule has 0 radical (unpaired) electrons. The van der Waals surface area contributed by atoms with Crippen LogP contribution < -0.4 is 10.2 Å². The first kappa shape index (κ1) is 26.0. The number of benzene rings is 1. The van der Waals surface area contributed by atoms with Gasteiger partial charge in [0.25, 0.3) is 0 Å². The summed E-state index contributed by atoms with van der Waals surface area (Å²) < 4.78 is 33.4. The van der Waals surface area contributed by atoms with Gasteiger partial charge in [0.05, 0.1) is 17.4 Å². The minimum Gasteiger partial charge on any atom is -0.475 e. The molecule has 3 aromatic rings. The van der Waals surface area contributed by atoms with Gasteiger partial charge in [-0.15, -0.1) is 0 Å². The number of aliphatic carboxylic acids is 1. The quantitative estimate of drug-likeness (QED) is 0.562. The van der Waals surface area contributed by atoms with Crippen molar-refractivity contribution in [1.29, 1.82) is 5.26 Å². The van der Waals surface area contributed by atoms with Crippen molar-refractivity contribution in [2.75, 3.05) is 29.9 Å². The van der Waals surface area contributed by atoms with Gasteiger partial charge in [-0.2, -0.15) is 23.5 Å². The molecule has 13 heteroatoms. The number of nitrogens with one attached hydrogen (secondary N) is 1. The summed E-state index contributed by atoms with van der Waals surface area (Å²) in [6.45, 7) is 4.20. The van der Waals surface area contributed by atoms with Gasteiger partial charge in [0.2, 0.25) is 0 Å². The number of rotatable bonds is 3. The number of anilines is 2. The Morgan fingerprint density at radius 1 is 1.11 bits per heavy atom. The highest BCUT2D eigenvalue weighted by molar-refractivity contribution is 5.89. The molecule has 1 saturated heterocycles. The van der Waals surface area contributed by atoms with Gasteiger partial charge in [-0.25, -0.2) is 14.3 Å². The number of amides is 2. The Morgan fingerprint density at radius 2 is 1.75 bits per heavy atom. The van der Waals surface area contributed by atoms with Crippen LogP contribution in [-0.4, -0.2) is 68.6 Å². The van der Waals surface area contributed by atoms with E-state index in [4.69, 9.17) is 15.2 Å². The minimum absolute atomic E-state index is 0.107. The summed E-state index contributed by atoms with van der Waals surface area (Å²) in [5.74, 6) is -2.76. The highest BCUT2D eigenvalue weighted by atomic mass is 19.4. The molecule has 2 amide bonds. The molecule has 0 aliphatic carbocycles. The number of hydrogen-bond acceptors (Lipinski definition) is 6. The summed E-state index contributed by atoms with van der Waals surface area (Å²) in [7, 11) is 0. The van der Waals surface area contributed by atoms with Crippen LogP contribution in [0.1, 0.15) is 12.5 Å². The Labute approximate surface area is 204 Å². The Balaban J connectivity index is 0.000000454. The Bertz CT molecular complexity index is 1220. The standard InChI is InChI=1S/C21H21N7O.C2HF3O2/c1-16-14-26(10-11-27(16)19-6-8-23-9-7-19)21(29)25-18-2-4-20(5-3-18)28-15-17(12-22)13-24-28;3-2(4,5)1(6)7/h2-9,13,15-16H,10-11,14H2,1H3,(H,25,29);(H,6,7). The molecule has 1 aliphatic heterocycles. The first-order chi connectivity index (χ1) is 17.1. The van der Waals surface area contributed by atoms with Gasteiger partial charge in [-0.05, 0) is 43.3 Å². The number of alkyl halides is 3. The van der Waals surface area contributed by atoms with E-state index in [1.54, 1.807) is 23.3 Å². The largest absolute Gasteiger partial charge is 0.490 e. The average Bonchev–Trinajstić information content (AvgIpc) is 3.34. The molecule has 2 N–H and O–H groups in total. The lowest BCUT2D eigenvalue weighted by molar-refractivity contribution is -0.192. The number of piperazine rings is 1. The molecule has 10 nitrogen and oxygen atoms in total. The number of carbonyl (C=O) groups excluding carboxylic acids is 1. The molecule has 1 aliphatic rings. The summed E-state index contributed by atoms with van der Waals surface area (Å²) in [5, 5.41) is 23.1. The average molecular weight is 501 g/mol. The molecule has 1 atom stereocenters. The number of hydrogen-bond donors (Lipinski definition) is 2. The van der Waals surface area contributed by atoms with Crippen LogP contribution >= 0.6 is 0 Å². The van der Waals surface area contributed by atoms with Gasteiger partial charge >= 0.3 is 18.2 Å². The van der Waals surface area contributed by atoms with Crippen LogP contribution in [0.25, 0.3) is 5.69 Å². The highest BCUT2D eigenvalue weighted by Crippen LogP contribution is 2.20. The zero-order chi connectivity index (χ0) is 26.3. The molecular weight excluding hydrogens is 479 g/mol. The number of carboxylic acid groups (broad SMARTS) is 1. The molecule has 2 aromatic heterocycles. The molecule has 188 valence electrons. The maximum Gasteiger partial charge on any atom is 0.490 e. The molecule has 0 bridgehead atoms. The lowest BCUT2D eigenvalue weighted by Gasteiger charge is -2.41. The van der Waals surface area contributed by atoms with Crippen molar-refractivity contribution in [3.63, 3.8) is 0 Å². The normalized spacial score (nSPS) is 15.4. The second-order valence-corrected chi connectivity index (χ2v) is 7.76. The summed E-state index contributed by atoms with van der Waals surface area (Å²) in [5.41, 5.74) is 3.17. The zero-order valence-corrected chi connectivity index (χ0v) is 19.1. The van der Waals surface area contributed by atoms with Crippen LogP contribution in [0.2, 0.25) is 0 Å². The van der Waals surface area contributed by atoms with Crippen molar-refractivity contribution >= 4 is 23.4 Å². The van der Waals surface area contributed by atoms with Gasteiger partial charge in [0.1, 0.15) is 6.07 Å². The number of carboxylic acids is 1. The fourth-order valence-electron chi connectivity index (χ4n) is 3.48. The van der Waals surface area contributed by atoms with E-state index in [1.807, 2.05) is 41.3 Å². The van der Waals surface area contributed by atoms with Crippen molar-refractivity contribution in [2.24, 2.45) is 0 Å². The van der Waals surface area contributed by atoms with Crippen LogP contribution in [0.4, 0.5) is 29.3 Å². The molecule has 1 fully saturated rings. The topological polar surface area (TPSA) is 127 Å². The minimum atomic E-state index is -5.08. The first-order valence-electron chi connectivity index (χ1n) is 10.7. The second-order valence-electron chi connectivity index (χ2n) is 7.76. The van der Waals surface area contributed by atoms with Crippen molar-refractivity contribution in [3.05, 3.63) is 66.7 Å². The van der Waals surface area contributed by atoms with E-state index < -0.39 is 12.1 Å². The van der Waals surface area contributed by atoms with E-state index in [-0.39, 0.29) is 12.1 Å². The van der Waals surface area contributed by atoms with Gasteiger partial charge < -0.3 is 20.2 Å². The fourth-order valence-corrected chi connectivity index (χ4v) is 3.48. The zero-order valence-electron chi connectivity index (χ0n) is 19.1. The highest BCUT2D eigenvalue weighted by Gasteiger charge is 2.38. The number of pyridine rings is 1. The molecule has 36 heavy (non-hydrogen) atoms. The van der Waals surface area contributed by atoms with Crippen LogP contribution in [0.15, 0.2) is 61.2 Å². The lowest BCUT2D eigenvalue weighted by atomic mass is 10.1. The number of carbonyl (C=O) groups is 2. The van der Waals surface area contributed by atoms with E-state index in [9.17, 15) is 18.0 Å². The number of urea groups is 1. The molecule has 1 unspecified atom stereocenters. The summed E-state index contributed by atoms with van der Waals surface area (Å²) >= 11 is 0. The summed E-state index contributed by atoms with van der Waals surface area (Å²) in [6.07, 6.45) is 1.67. The maximum atomic E-state index is 12.7. The predicted octanol–water partition coefficient (Wildman–Crippen LogP) is 3.51. The van der Waals surface area contributed by atoms with Crippen molar-refractivity contribution in [3.8, 4) is 11.8 Å². The summed E-state index contributed by atoms with van der Waals surface area (Å²) in [4.78, 5) is 29.8. The van der Waals surface area contributed by atoms with Crippen molar-refractivity contribution < 1.29 is 27.9 Å². The lowest BCUT2D eigenvalue weighted by Crippen LogP contribution is -2.54. The Morgan fingerprint density at radius 3 is 2.28 bits per heavy atom.